The van der Waals surface area contributed by atoms with Crippen molar-refractivity contribution in [2.45, 2.75) is 20.8 Å². The Hall–Kier alpha value is -2.55. The zero-order chi connectivity index (χ0) is 17.3. The fourth-order valence-electron chi connectivity index (χ4n) is 2.05. The third-order valence-electron chi connectivity index (χ3n) is 3.34. The Morgan fingerprint density at radius 2 is 1.91 bits per heavy atom. The van der Waals surface area contributed by atoms with Crippen molar-refractivity contribution in [3.8, 4) is 10.6 Å². The lowest BCUT2D eigenvalue weighted by atomic mass is 10.1. The van der Waals surface area contributed by atoms with Crippen molar-refractivity contribution in [2.24, 2.45) is 7.05 Å². The largest absolute Gasteiger partial charge is 0.480 e. The molecule has 0 aliphatic heterocycles. The molecular formula is C14H16N4O4S. The molecule has 122 valence electrons. The number of carbonyl (C=O) groups is 2. The van der Waals surface area contributed by atoms with E-state index in [0.717, 1.165) is 11.3 Å². The van der Waals surface area contributed by atoms with Crippen LogP contribution in [0.2, 0.25) is 0 Å². The van der Waals surface area contributed by atoms with Crippen LogP contribution >= 0.6 is 11.3 Å². The summed E-state index contributed by atoms with van der Waals surface area (Å²) in [6.07, 6.45) is 0. The molecule has 0 aliphatic rings. The first-order valence-corrected chi connectivity index (χ1v) is 7.56. The first-order chi connectivity index (χ1) is 10.7. The predicted molar refractivity (Wildman–Crippen MR) is 84.8 cm³/mol. The normalized spacial score (nSPS) is 10.6. The van der Waals surface area contributed by atoms with Gasteiger partial charge < -0.3 is 10.4 Å². The van der Waals surface area contributed by atoms with Crippen molar-refractivity contribution < 1.29 is 14.7 Å². The molecule has 0 radical (unpaired) electrons. The molecule has 8 nitrogen and oxygen atoms in total. The number of nitrogens with zero attached hydrogens (tertiary/aromatic N) is 3. The van der Waals surface area contributed by atoms with Crippen LogP contribution in [0.1, 0.15) is 26.6 Å². The monoisotopic (exact) mass is 336 g/mol. The molecule has 2 heterocycles. The average Bonchev–Trinajstić information content (AvgIpc) is 2.84. The average molecular weight is 336 g/mol. The van der Waals surface area contributed by atoms with Gasteiger partial charge in [0.2, 0.25) is 0 Å². The summed E-state index contributed by atoms with van der Waals surface area (Å²) in [5.74, 6) is -1.65. The number of aromatic nitrogens is 3. The second-order valence-corrected chi connectivity index (χ2v) is 6.02. The summed E-state index contributed by atoms with van der Waals surface area (Å²) in [5, 5.41) is 15.4. The first kappa shape index (κ1) is 16.8. The minimum Gasteiger partial charge on any atom is -0.480 e. The molecule has 0 fully saturated rings. The number of nitrogens with one attached hydrogen (secondary N) is 1. The number of amides is 1. The van der Waals surface area contributed by atoms with Crippen LogP contribution in [-0.4, -0.2) is 38.3 Å². The maximum Gasteiger partial charge on any atom is 0.322 e. The van der Waals surface area contributed by atoms with Crippen molar-refractivity contribution in [3.05, 3.63) is 32.2 Å². The van der Waals surface area contributed by atoms with Crippen molar-refractivity contribution in [3.63, 3.8) is 0 Å². The third kappa shape index (κ3) is 3.29. The van der Waals surface area contributed by atoms with E-state index in [1.165, 1.54) is 4.68 Å². The van der Waals surface area contributed by atoms with Crippen molar-refractivity contribution in [2.75, 3.05) is 6.54 Å². The smallest absolute Gasteiger partial charge is 0.322 e. The van der Waals surface area contributed by atoms with Gasteiger partial charge in [-0.1, -0.05) is 0 Å². The number of rotatable bonds is 4. The van der Waals surface area contributed by atoms with Gasteiger partial charge in [0.05, 0.1) is 17.0 Å². The molecule has 2 rings (SSSR count). The molecule has 9 heteroatoms. The SMILES string of the molecule is Cc1nc(-c2c(C)c(C)nn(C)c2=O)sc1C(=O)NCC(=O)O. The van der Waals surface area contributed by atoms with Crippen LogP contribution in [0.5, 0.6) is 0 Å². The maximum absolute atomic E-state index is 12.3. The van der Waals surface area contributed by atoms with E-state index >= 15 is 0 Å². The van der Waals surface area contributed by atoms with Crippen LogP contribution in [0, 0.1) is 20.8 Å². The molecule has 2 aromatic heterocycles. The molecule has 0 aromatic carbocycles. The standard InChI is InChI=1S/C14H16N4O4S/c1-6-7(2)17-18(4)14(22)10(6)13-16-8(3)11(23-13)12(21)15-5-9(19)20/h5H2,1-4H3,(H,15,21)(H,19,20). The predicted octanol–water partition coefficient (Wildman–Crippen LogP) is 0.643. The van der Waals surface area contributed by atoms with E-state index in [0.29, 0.717) is 27.5 Å². The zero-order valence-corrected chi connectivity index (χ0v) is 13.9. The van der Waals surface area contributed by atoms with Crippen LogP contribution in [0.15, 0.2) is 4.79 Å². The minimum absolute atomic E-state index is 0.289. The van der Waals surface area contributed by atoms with Gasteiger partial charge in [-0.05, 0) is 26.3 Å². The lowest BCUT2D eigenvalue weighted by Crippen LogP contribution is -2.29. The molecule has 2 N–H and O–H groups in total. The number of carbonyl (C=O) groups excluding carboxylic acids is 1. The molecule has 0 atom stereocenters. The summed E-state index contributed by atoms with van der Waals surface area (Å²) in [6, 6.07) is 0. The molecule has 0 spiro atoms. The summed E-state index contributed by atoms with van der Waals surface area (Å²) in [6.45, 7) is 4.74. The molecular weight excluding hydrogens is 320 g/mol. The van der Waals surface area contributed by atoms with Crippen molar-refractivity contribution >= 4 is 23.2 Å². The highest BCUT2D eigenvalue weighted by molar-refractivity contribution is 7.17. The van der Waals surface area contributed by atoms with Gasteiger partial charge in [0.25, 0.3) is 11.5 Å². The van der Waals surface area contributed by atoms with Crippen LogP contribution in [-0.2, 0) is 11.8 Å². The Balaban J connectivity index is 2.49. The fraction of sp³-hybridized carbons (Fsp3) is 0.357. The number of hydrogen-bond acceptors (Lipinski definition) is 6. The molecule has 2 aromatic rings. The number of carboxylic acid groups (broad SMARTS) is 1. The molecule has 0 saturated carbocycles. The summed E-state index contributed by atoms with van der Waals surface area (Å²) in [5.41, 5.74) is 1.97. The molecule has 0 unspecified atom stereocenters. The second-order valence-electron chi connectivity index (χ2n) is 5.02. The number of carboxylic acids is 1. The van der Waals surface area contributed by atoms with E-state index in [9.17, 15) is 14.4 Å². The van der Waals surface area contributed by atoms with E-state index in [1.807, 2.05) is 0 Å². The molecule has 0 saturated heterocycles. The van der Waals surface area contributed by atoms with Gasteiger partial charge >= 0.3 is 5.97 Å². The Morgan fingerprint density at radius 3 is 2.52 bits per heavy atom. The lowest BCUT2D eigenvalue weighted by Gasteiger charge is -2.07. The van der Waals surface area contributed by atoms with E-state index < -0.39 is 18.4 Å². The van der Waals surface area contributed by atoms with Gasteiger partial charge in [-0.3, -0.25) is 14.4 Å². The summed E-state index contributed by atoms with van der Waals surface area (Å²) >= 11 is 1.06. The van der Waals surface area contributed by atoms with Crippen molar-refractivity contribution in [1.82, 2.24) is 20.1 Å². The lowest BCUT2D eigenvalue weighted by molar-refractivity contribution is -0.135. The zero-order valence-electron chi connectivity index (χ0n) is 13.1. The van der Waals surface area contributed by atoms with Gasteiger partial charge in [-0.15, -0.1) is 11.3 Å². The number of aliphatic carboxylic acids is 1. The molecule has 1 amide bonds. The Bertz CT molecular complexity index is 853. The second kappa shape index (κ2) is 6.29. The van der Waals surface area contributed by atoms with Crippen LogP contribution in [0.25, 0.3) is 10.6 Å². The fourth-order valence-corrected chi connectivity index (χ4v) is 3.13. The van der Waals surface area contributed by atoms with E-state index in [-0.39, 0.29) is 10.4 Å². The summed E-state index contributed by atoms with van der Waals surface area (Å²) in [7, 11) is 1.55. The molecule has 0 aliphatic carbocycles. The van der Waals surface area contributed by atoms with Gasteiger partial charge in [-0.2, -0.15) is 5.10 Å². The van der Waals surface area contributed by atoms with Crippen molar-refractivity contribution in [1.29, 1.82) is 0 Å². The Morgan fingerprint density at radius 1 is 1.26 bits per heavy atom. The van der Waals surface area contributed by atoms with Gasteiger partial charge in [0, 0.05) is 7.05 Å². The minimum atomic E-state index is -1.13. The van der Waals surface area contributed by atoms with Gasteiger partial charge in [0.1, 0.15) is 16.4 Å². The van der Waals surface area contributed by atoms with Crippen LogP contribution in [0.4, 0.5) is 0 Å². The van der Waals surface area contributed by atoms with Crippen LogP contribution in [0.3, 0.4) is 0 Å². The highest BCUT2D eigenvalue weighted by atomic mass is 32.1. The molecule has 0 bridgehead atoms. The van der Waals surface area contributed by atoms with Gasteiger partial charge in [0.15, 0.2) is 0 Å². The topological polar surface area (TPSA) is 114 Å². The van der Waals surface area contributed by atoms with E-state index in [2.05, 4.69) is 15.4 Å². The molecule has 23 heavy (non-hydrogen) atoms. The van der Waals surface area contributed by atoms with E-state index in [4.69, 9.17) is 5.11 Å². The maximum atomic E-state index is 12.3. The number of thiazole rings is 1. The Labute approximate surface area is 135 Å². The highest BCUT2D eigenvalue weighted by Gasteiger charge is 2.21. The third-order valence-corrected chi connectivity index (χ3v) is 4.52. The summed E-state index contributed by atoms with van der Waals surface area (Å²) < 4.78 is 1.23. The number of aryl methyl sites for hydroxylation is 3. The Kier molecular flexibility index (Phi) is 4.60. The van der Waals surface area contributed by atoms with Gasteiger partial charge in [-0.25, -0.2) is 9.67 Å². The number of hydrogen-bond donors (Lipinski definition) is 2. The summed E-state index contributed by atoms with van der Waals surface area (Å²) in [4.78, 5) is 39.5. The first-order valence-electron chi connectivity index (χ1n) is 6.74. The quantitative estimate of drug-likeness (QED) is 0.847. The highest BCUT2D eigenvalue weighted by Crippen LogP contribution is 2.28. The van der Waals surface area contributed by atoms with E-state index in [1.54, 1.807) is 27.8 Å². The van der Waals surface area contributed by atoms with Crippen LogP contribution < -0.4 is 10.9 Å².